The molecule has 0 spiro atoms. The smallest absolute Gasteiger partial charge is 0.164 e. The van der Waals surface area contributed by atoms with Crippen molar-refractivity contribution in [1.29, 1.82) is 0 Å². The number of hydrogen-bond donors (Lipinski definition) is 0. The lowest BCUT2D eigenvalue weighted by atomic mass is 10.3. The molecule has 2 heterocycles. The van der Waals surface area contributed by atoms with Gasteiger partial charge in [0.15, 0.2) is 5.82 Å². The maximum atomic E-state index is 5.93. The minimum Gasteiger partial charge on any atom is -0.244 e. The van der Waals surface area contributed by atoms with Gasteiger partial charge < -0.3 is 0 Å². The van der Waals surface area contributed by atoms with Crippen molar-refractivity contribution in [3.8, 4) is 11.4 Å². The lowest BCUT2D eigenvalue weighted by Gasteiger charge is -2.03. The van der Waals surface area contributed by atoms with E-state index in [1.54, 1.807) is 12.4 Å². The molecule has 0 aliphatic heterocycles. The molecule has 0 unspecified atom stereocenters. The summed E-state index contributed by atoms with van der Waals surface area (Å²) in [7, 11) is 0. The van der Waals surface area contributed by atoms with Crippen LogP contribution in [0.5, 0.6) is 0 Å². The third-order valence-corrected chi connectivity index (χ3v) is 3.25. The molecule has 2 rings (SSSR count). The van der Waals surface area contributed by atoms with E-state index in [0.29, 0.717) is 15.5 Å². The van der Waals surface area contributed by atoms with Gasteiger partial charge in [0, 0.05) is 12.4 Å². The predicted molar refractivity (Wildman–Crippen MR) is 60.5 cm³/mol. The first kappa shape index (κ1) is 10.4. The van der Waals surface area contributed by atoms with E-state index in [9.17, 15) is 0 Å². The molecule has 2 aromatic heterocycles. The molecule has 6 heteroatoms. The number of halogens is 2. The first-order chi connectivity index (χ1) is 7.18. The molecule has 2 aromatic rings. The average Bonchev–Trinajstić information content (AvgIpc) is 2.26. The van der Waals surface area contributed by atoms with Crippen LogP contribution in [0.15, 0.2) is 23.2 Å². The summed E-state index contributed by atoms with van der Waals surface area (Å²) in [5, 5.41) is 0.390. The summed E-state index contributed by atoms with van der Waals surface area (Å²) in [6, 6.07) is 0. The first-order valence-electron chi connectivity index (χ1n) is 4.13. The summed E-state index contributed by atoms with van der Waals surface area (Å²) in [4.78, 5) is 16.2. The zero-order chi connectivity index (χ0) is 10.8. The highest BCUT2D eigenvalue weighted by Gasteiger charge is 2.08. The highest BCUT2D eigenvalue weighted by atomic mass is 79.9. The molecule has 0 aliphatic carbocycles. The lowest BCUT2D eigenvalue weighted by Crippen LogP contribution is -1.95. The second-order valence-electron chi connectivity index (χ2n) is 2.86. The van der Waals surface area contributed by atoms with Crippen LogP contribution in [0.3, 0.4) is 0 Å². The molecule has 0 atom stereocenters. The van der Waals surface area contributed by atoms with Gasteiger partial charge in [0.25, 0.3) is 0 Å². The van der Waals surface area contributed by atoms with Crippen LogP contribution >= 0.6 is 27.5 Å². The van der Waals surface area contributed by atoms with Crippen molar-refractivity contribution < 1.29 is 0 Å². The van der Waals surface area contributed by atoms with E-state index in [4.69, 9.17) is 11.6 Å². The molecule has 0 saturated carbocycles. The van der Waals surface area contributed by atoms with Crippen LogP contribution in [-0.4, -0.2) is 19.9 Å². The van der Waals surface area contributed by atoms with Crippen molar-refractivity contribution in [3.05, 3.63) is 34.0 Å². The Balaban J connectivity index is 2.56. The summed E-state index contributed by atoms with van der Waals surface area (Å²) in [5.74, 6) is 0.529. The number of nitrogens with zero attached hydrogens (tertiary/aromatic N) is 4. The van der Waals surface area contributed by atoms with Crippen molar-refractivity contribution in [3.63, 3.8) is 0 Å². The Labute approximate surface area is 99.9 Å². The zero-order valence-corrected chi connectivity index (χ0v) is 10.1. The van der Waals surface area contributed by atoms with E-state index in [2.05, 4.69) is 35.9 Å². The monoisotopic (exact) mass is 284 g/mol. The first-order valence-corrected chi connectivity index (χ1v) is 5.30. The number of rotatable bonds is 1. The van der Waals surface area contributed by atoms with Crippen molar-refractivity contribution in [2.24, 2.45) is 0 Å². The van der Waals surface area contributed by atoms with Gasteiger partial charge in [0.05, 0.1) is 15.7 Å². The molecule has 15 heavy (non-hydrogen) atoms. The van der Waals surface area contributed by atoms with Gasteiger partial charge in [-0.25, -0.2) is 19.9 Å². The van der Waals surface area contributed by atoms with Gasteiger partial charge in [-0.2, -0.15) is 0 Å². The van der Waals surface area contributed by atoms with Crippen molar-refractivity contribution in [2.75, 3.05) is 0 Å². The van der Waals surface area contributed by atoms with Crippen LogP contribution in [0.2, 0.25) is 5.15 Å². The highest BCUT2D eigenvalue weighted by molar-refractivity contribution is 9.10. The van der Waals surface area contributed by atoms with E-state index >= 15 is 0 Å². The summed E-state index contributed by atoms with van der Waals surface area (Å²) in [6.45, 7) is 1.85. The van der Waals surface area contributed by atoms with Crippen LogP contribution in [0, 0.1) is 6.92 Å². The largest absolute Gasteiger partial charge is 0.244 e. The molecule has 0 bridgehead atoms. The minimum absolute atomic E-state index is 0.390. The maximum Gasteiger partial charge on any atom is 0.164 e. The Morgan fingerprint density at radius 3 is 2.47 bits per heavy atom. The Bertz CT molecular complexity index is 466. The number of aryl methyl sites for hydroxylation is 1. The molecule has 0 amide bonds. The molecule has 0 saturated heterocycles. The van der Waals surface area contributed by atoms with Gasteiger partial charge in [-0.1, -0.05) is 11.6 Å². The predicted octanol–water partition coefficient (Wildman–Crippen LogP) is 2.66. The molecule has 0 N–H and O–H groups in total. The van der Waals surface area contributed by atoms with Gasteiger partial charge in [-0.15, -0.1) is 0 Å². The maximum absolute atomic E-state index is 5.93. The third-order valence-electron chi connectivity index (χ3n) is 1.80. The molecule has 0 fully saturated rings. The fourth-order valence-corrected chi connectivity index (χ4v) is 1.46. The average molecular weight is 286 g/mol. The minimum atomic E-state index is 0.390. The Hall–Kier alpha value is -1.07. The molecule has 4 nitrogen and oxygen atoms in total. The molecule has 0 aromatic carbocycles. The highest BCUT2D eigenvalue weighted by Crippen LogP contribution is 2.25. The second kappa shape index (κ2) is 4.20. The summed E-state index contributed by atoms with van der Waals surface area (Å²) < 4.78 is 0.713. The van der Waals surface area contributed by atoms with Gasteiger partial charge in [-0.3, -0.25) is 0 Å². The molecule has 76 valence electrons. The van der Waals surface area contributed by atoms with E-state index in [0.717, 1.165) is 11.3 Å². The fraction of sp³-hybridized carbons (Fsp3) is 0.111. The Kier molecular flexibility index (Phi) is 2.93. The van der Waals surface area contributed by atoms with Gasteiger partial charge >= 0.3 is 0 Å². The van der Waals surface area contributed by atoms with Crippen LogP contribution in [0.1, 0.15) is 5.69 Å². The summed E-state index contributed by atoms with van der Waals surface area (Å²) >= 11 is 9.23. The standard InChI is InChI=1S/C9H6BrClN4/c1-5-7(10)8(11)15-9(14-5)6-2-12-4-13-3-6/h2-4H,1H3. The molecule has 0 radical (unpaired) electrons. The van der Waals surface area contributed by atoms with Crippen LogP contribution in [0.25, 0.3) is 11.4 Å². The van der Waals surface area contributed by atoms with Crippen LogP contribution < -0.4 is 0 Å². The van der Waals surface area contributed by atoms with Gasteiger partial charge in [0.2, 0.25) is 0 Å². The molecule has 0 aliphatic rings. The van der Waals surface area contributed by atoms with Crippen molar-refractivity contribution >= 4 is 27.5 Å². The van der Waals surface area contributed by atoms with Crippen molar-refractivity contribution in [1.82, 2.24) is 19.9 Å². The SMILES string of the molecule is Cc1nc(-c2cncnc2)nc(Cl)c1Br. The van der Waals surface area contributed by atoms with Crippen LogP contribution in [-0.2, 0) is 0 Å². The molecular weight excluding hydrogens is 279 g/mol. The van der Waals surface area contributed by atoms with Gasteiger partial charge in [-0.05, 0) is 22.9 Å². The van der Waals surface area contributed by atoms with E-state index in [1.165, 1.54) is 6.33 Å². The zero-order valence-electron chi connectivity index (χ0n) is 7.78. The summed E-state index contributed by atoms with van der Waals surface area (Å²) in [5.41, 5.74) is 1.53. The van der Waals surface area contributed by atoms with Crippen LogP contribution in [0.4, 0.5) is 0 Å². The quantitative estimate of drug-likeness (QED) is 0.756. The normalized spacial score (nSPS) is 10.3. The Morgan fingerprint density at radius 1 is 1.20 bits per heavy atom. The number of hydrogen-bond acceptors (Lipinski definition) is 4. The van der Waals surface area contributed by atoms with E-state index < -0.39 is 0 Å². The molecular formula is C9H6BrClN4. The van der Waals surface area contributed by atoms with Crippen molar-refractivity contribution in [2.45, 2.75) is 6.92 Å². The third kappa shape index (κ3) is 2.13. The lowest BCUT2D eigenvalue weighted by molar-refractivity contribution is 1.07. The topological polar surface area (TPSA) is 51.6 Å². The fourth-order valence-electron chi connectivity index (χ4n) is 1.07. The van der Waals surface area contributed by atoms with E-state index in [1.807, 2.05) is 6.92 Å². The Morgan fingerprint density at radius 2 is 1.87 bits per heavy atom. The number of aromatic nitrogens is 4. The second-order valence-corrected chi connectivity index (χ2v) is 4.02. The van der Waals surface area contributed by atoms with E-state index in [-0.39, 0.29) is 0 Å². The summed E-state index contributed by atoms with van der Waals surface area (Å²) in [6.07, 6.45) is 4.74. The van der Waals surface area contributed by atoms with Gasteiger partial charge in [0.1, 0.15) is 11.5 Å².